The third-order valence-electron chi connectivity index (χ3n) is 3.77. The van der Waals surface area contributed by atoms with Crippen molar-refractivity contribution in [3.63, 3.8) is 0 Å². The molecule has 0 aliphatic heterocycles. The molecular weight excluding hydrogens is 297 g/mol. The number of aliphatic hydroxyl groups is 1. The van der Waals surface area contributed by atoms with E-state index in [4.69, 9.17) is 0 Å². The van der Waals surface area contributed by atoms with Gasteiger partial charge in [-0.05, 0) is 44.5 Å². The van der Waals surface area contributed by atoms with Crippen LogP contribution in [-0.4, -0.2) is 32.9 Å². The van der Waals surface area contributed by atoms with Gasteiger partial charge in [0, 0.05) is 11.8 Å². The van der Waals surface area contributed by atoms with Crippen LogP contribution in [0.15, 0.2) is 30.5 Å². The average molecular weight is 319 g/mol. The summed E-state index contributed by atoms with van der Waals surface area (Å²) in [6, 6.07) is 5.88. The van der Waals surface area contributed by atoms with Crippen molar-refractivity contribution in [1.29, 1.82) is 0 Å². The van der Waals surface area contributed by atoms with Crippen LogP contribution < -0.4 is 5.32 Å². The molecule has 2 rings (SSSR count). The summed E-state index contributed by atoms with van der Waals surface area (Å²) in [6.45, 7) is 5.46. The van der Waals surface area contributed by atoms with Gasteiger partial charge in [0.2, 0.25) is 0 Å². The zero-order valence-corrected chi connectivity index (χ0v) is 13.6. The molecule has 0 aliphatic rings. The van der Waals surface area contributed by atoms with Crippen molar-refractivity contribution in [2.24, 2.45) is 0 Å². The van der Waals surface area contributed by atoms with Gasteiger partial charge in [-0.1, -0.05) is 13.3 Å². The summed E-state index contributed by atoms with van der Waals surface area (Å²) in [4.78, 5) is 12.5. The fraction of sp³-hybridized carbons (Fsp3) is 0.412. The lowest BCUT2D eigenvalue weighted by molar-refractivity contribution is 0.0835. The molecule has 1 aromatic heterocycles. The average Bonchev–Trinajstić information content (AvgIpc) is 2.90. The molecular formula is C17H22FN3O2. The Labute approximate surface area is 135 Å². The van der Waals surface area contributed by atoms with Crippen molar-refractivity contribution in [3.8, 4) is 5.69 Å². The maximum absolute atomic E-state index is 13.0. The first-order chi connectivity index (χ1) is 10.9. The number of carbonyl (C=O) groups is 1. The molecule has 124 valence electrons. The largest absolute Gasteiger partial charge is 0.394 e. The van der Waals surface area contributed by atoms with Gasteiger partial charge in [-0.25, -0.2) is 9.07 Å². The summed E-state index contributed by atoms with van der Waals surface area (Å²) in [7, 11) is 0. The number of amides is 1. The van der Waals surface area contributed by atoms with Gasteiger partial charge in [-0.3, -0.25) is 4.79 Å². The molecule has 0 saturated heterocycles. The van der Waals surface area contributed by atoms with Crippen LogP contribution in [0.1, 0.15) is 42.7 Å². The SMILES string of the molecule is CCC[C@](C)(CO)NC(=O)c1nn(-c2ccc(F)cc2)cc1C. The third-order valence-corrected chi connectivity index (χ3v) is 3.77. The number of nitrogens with zero attached hydrogens (tertiary/aromatic N) is 2. The normalized spacial score (nSPS) is 13.6. The first kappa shape index (κ1) is 17.1. The smallest absolute Gasteiger partial charge is 0.272 e. The van der Waals surface area contributed by atoms with Gasteiger partial charge < -0.3 is 10.4 Å². The summed E-state index contributed by atoms with van der Waals surface area (Å²) >= 11 is 0. The van der Waals surface area contributed by atoms with Crippen molar-refractivity contribution in [1.82, 2.24) is 15.1 Å². The molecule has 0 saturated carbocycles. The summed E-state index contributed by atoms with van der Waals surface area (Å²) in [5.74, 6) is -0.651. The van der Waals surface area contributed by atoms with Crippen molar-refractivity contribution in [2.75, 3.05) is 6.61 Å². The monoisotopic (exact) mass is 319 g/mol. The lowest BCUT2D eigenvalue weighted by atomic mass is 9.97. The number of hydrogen-bond acceptors (Lipinski definition) is 3. The van der Waals surface area contributed by atoms with Gasteiger partial charge >= 0.3 is 0 Å². The lowest BCUT2D eigenvalue weighted by Gasteiger charge is -2.28. The predicted molar refractivity (Wildman–Crippen MR) is 86.1 cm³/mol. The molecule has 0 spiro atoms. The zero-order valence-electron chi connectivity index (χ0n) is 13.6. The Kier molecular flexibility index (Phi) is 5.15. The van der Waals surface area contributed by atoms with Crippen LogP contribution in [0.5, 0.6) is 0 Å². The van der Waals surface area contributed by atoms with Crippen LogP contribution in [0.3, 0.4) is 0 Å². The molecule has 1 atom stereocenters. The summed E-state index contributed by atoms with van der Waals surface area (Å²) < 4.78 is 14.5. The van der Waals surface area contributed by atoms with E-state index in [-0.39, 0.29) is 18.3 Å². The molecule has 0 aliphatic carbocycles. The van der Waals surface area contributed by atoms with E-state index in [0.717, 1.165) is 6.42 Å². The van der Waals surface area contributed by atoms with Gasteiger partial charge in [0.15, 0.2) is 5.69 Å². The highest BCUT2D eigenvalue weighted by atomic mass is 19.1. The molecule has 5 nitrogen and oxygen atoms in total. The third kappa shape index (κ3) is 3.96. The highest BCUT2D eigenvalue weighted by Gasteiger charge is 2.27. The van der Waals surface area contributed by atoms with Crippen molar-refractivity contribution < 1.29 is 14.3 Å². The van der Waals surface area contributed by atoms with E-state index in [1.807, 2.05) is 6.92 Å². The van der Waals surface area contributed by atoms with E-state index in [1.165, 1.54) is 12.1 Å². The first-order valence-corrected chi connectivity index (χ1v) is 7.64. The maximum atomic E-state index is 13.0. The highest BCUT2D eigenvalue weighted by molar-refractivity contribution is 5.94. The van der Waals surface area contributed by atoms with Crippen LogP contribution in [-0.2, 0) is 0 Å². The molecule has 1 amide bonds. The second-order valence-electron chi connectivity index (χ2n) is 6.00. The van der Waals surface area contributed by atoms with Crippen LogP contribution in [0, 0.1) is 12.7 Å². The number of carbonyl (C=O) groups excluding carboxylic acids is 1. The van der Waals surface area contributed by atoms with Gasteiger partial charge in [0.1, 0.15) is 5.82 Å². The number of aromatic nitrogens is 2. The van der Waals surface area contributed by atoms with E-state index in [0.29, 0.717) is 23.4 Å². The molecule has 0 bridgehead atoms. The Bertz CT molecular complexity index is 682. The van der Waals surface area contributed by atoms with E-state index in [2.05, 4.69) is 10.4 Å². The molecule has 23 heavy (non-hydrogen) atoms. The molecule has 1 heterocycles. The molecule has 2 N–H and O–H groups in total. The number of rotatable bonds is 6. The van der Waals surface area contributed by atoms with Crippen LogP contribution in [0.2, 0.25) is 0 Å². The van der Waals surface area contributed by atoms with Crippen molar-refractivity contribution in [3.05, 3.63) is 47.5 Å². The Balaban J connectivity index is 2.23. The van der Waals surface area contributed by atoms with Gasteiger partial charge in [-0.15, -0.1) is 0 Å². The molecule has 0 fully saturated rings. The van der Waals surface area contributed by atoms with E-state index in [1.54, 1.807) is 36.9 Å². The number of nitrogens with one attached hydrogen (secondary N) is 1. The topological polar surface area (TPSA) is 67.2 Å². The summed E-state index contributed by atoms with van der Waals surface area (Å²) in [5.41, 5.74) is 1.01. The van der Waals surface area contributed by atoms with Crippen LogP contribution >= 0.6 is 0 Å². The Morgan fingerprint density at radius 3 is 2.61 bits per heavy atom. The molecule has 1 aromatic carbocycles. The maximum Gasteiger partial charge on any atom is 0.272 e. The molecule has 2 aromatic rings. The fourth-order valence-electron chi connectivity index (χ4n) is 2.48. The number of aryl methyl sites for hydroxylation is 1. The summed E-state index contributed by atoms with van der Waals surface area (Å²) in [6.07, 6.45) is 3.24. The molecule has 6 heteroatoms. The number of halogens is 1. The first-order valence-electron chi connectivity index (χ1n) is 7.64. The number of benzene rings is 1. The second kappa shape index (κ2) is 6.91. The molecule has 0 unspecified atom stereocenters. The minimum absolute atomic E-state index is 0.135. The fourth-order valence-corrected chi connectivity index (χ4v) is 2.48. The highest BCUT2D eigenvalue weighted by Crippen LogP contribution is 2.16. The van der Waals surface area contributed by atoms with Gasteiger partial charge in [-0.2, -0.15) is 5.10 Å². The van der Waals surface area contributed by atoms with E-state index < -0.39 is 5.54 Å². The van der Waals surface area contributed by atoms with E-state index >= 15 is 0 Å². The second-order valence-corrected chi connectivity index (χ2v) is 6.00. The van der Waals surface area contributed by atoms with Crippen LogP contribution in [0.25, 0.3) is 5.69 Å². The van der Waals surface area contributed by atoms with Gasteiger partial charge in [0.05, 0.1) is 17.8 Å². The lowest BCUT2D eigenvalue weighted by Crippen LogP contribution is -2.49. The minimum Gasteiger partial charge on any atom is -0.394 e. The minimum atomic E-state index is -0.669. The van der Waals surface area contributed by atoms with Crippen LogP contribution in [0.4, 0.5) is 4.39 Å². The number of aliphatic hydroxyl groups excluding tert-OH is 1. The predicted octanol–water partition coefficient (Wildman–Crippen LogP) is 2.60. The van der Waals surface area contributed by atoms with Gasteiger partial charge in [0.25, 0.3) is 5.91 Å². The summed E-state index contributed by atoms with van der Waals surface area (Å²) in [5, 5.41) is 16.7. The zero-order chi connectivity index (χ0) is 17.0. The van der Waals surface area contributed by atoms with E-state index in [9.17, 15) is 14.3 Å². The van der Waals surface area contributed by atoms with Crippen molar-refractivity contribution in [2.45, 2.75) is 39.2 Å². The quantitative estimate of drug-likeness (QED) is 0.860. The Morgan fingerprint density at radius 1 is 1.39 bits per heavy atom. The number of hydrogen-bond donors (Lipinski definition) is 2. The molecule has 0 radical (unpaired) electrons. The Morgan fingerprint density at radius 2 is 2.04 bits per heavy atom. The standard InChI is InChI=1S/C17H22FN3O2/c1-4-9-17(3,11-22)19-16(23)15-12(2)10-21(20-15)14-7-5-13(18)6-8-14/h5-8,10,22H,4,9,11H2,1-3H3,(H,19,23)/t17-/m1/s1. The Hall–Kier alpha value is -2.21. The van der Waals surface area contributed by atoms with Crippen molar-refractivity contribution >= 4 is 5.91 Å².